The van der Waals surface area contributed by atoms with Crippen LogP contribution in [0.1, 0.15) is 0 Å². The van der Waals surface area contributed by atoms with E-state index >= 15 is 0 Å². The van der Waals surface area contributed by atoms with Crippen LogP contribution in [0.25, 0.3) is 0 Å². The summed E-state index contributed by atoms with van der Waals surface area (Å²) in [5.74, 6) is 0. The van der Waals surface area contributed by atoms with Crippen LogP contribution in [0, 0.1) is 0 Å². The van der Waals surface area contributed by atoms with Gasteiger partial charge in [0.1, 0.15) is 0 Å². The second kappa shape index (κ2) is 25.0. The molecule has 0 aromatic carbocycles. The van der Waals surface area contributed by atoms with Gasteiger partial charge in [-0.3, -0.25) is 0 Å². The minimum Gasteiger partial charge on any atom is -0.405 e. The van der Waals surface area contributed by atoms with Crippen LogP contribution in [0.5, 0.6) is 0 Å². The number of hydrogen-bond acceptors (Lipinski definition) is 3. The Hall–Kier alpha value is -0.540. The van der Waals surface area contributed by atoms with Gasteiger partial charge >= 0.3 is 0 Å². The van der Waals surface area contributed by atoms with Crippen molar-refractivity contribution in [2.75, 3.05) is 6.73 Å². The molecule has 0 rings (SSSR count). The van der Waals surface area contributed by atoms with Crippen LogP contribution in [0.3, 0.4) is 0 Å². The van der Waals surface area contributed by atoms with E-state index in [4.69, 9.17) is 5.11 Å². The molecular formula is C3H10N2O. The molecule has 3 heteroatoms. The smallest absolute Gasteiger partial charge is 0.0906 e. The molecule has 3 nitrogen and oxygen atoms in total. The van der Waals surface area contributed by atoms with E-state index in [0.717, 1.165) is 0 Å². The van der Waals surface area contributed by atoms with Gasteiger partial charge in [-0.05, 0) is 6.20 Å². The van der Waals surface area contributed by atoms with Crippen molar-refractivity contribution >= 4 is 0 Å². The van der Waals surface area contributed by atoms with Gasteiger partial charge in [0.15, 0.2) is 0 Å². The van der Waals surface area contributed by atoms with Crippen molar-refractivity contribution < 1.29 is 5.11 Å². The topological polar surface area (TPSA) is 72.3 Å². The lowest BCUT2D eigenvalue weighted by atomic mass is 11.1. The lowest BCUT2D eigenvalue weighted by Crippen LogP contribution is -1.92. The number of rotatable bonds is 0. The quantitative estimate of drug-likeness (QED) is 0.333. The van der Waals surface area contributed by atoms with Gasteiger partial charge in [0.2, 0.25) is 0 Å². The van der Waals surface area contributed by atoms with Gasteiger partial charge in [-0.15, -0.1) is 0 Å². The zero-order chi connectivity index (χ0) is 5.41. The second-order valence-corrected chi connectivity index (χ2v) is 0.418. The normalized spacial score (nSPS) is 5.00. The van der Waals surface area contributed by atoms with Gasteiger partial charge in [-0.2, -0.15) is 0 Å². The van der Waals surface area contributed by atoms with Crippen molar-refractivity contribution in [2.45, 2.75) is 0 Å². The fourth-order valence-corrected chi connectivity index (χ4v) is 0. The molecule has 0 spiro atoms. The van der Waals surface area contributed by atoms with Crippen molar-refractivity contribution in [1.29, 1.82) is 0 Å². The first-order chi connectivity index (χ1) is 2.83. The molecule has 0 saturated heterocycles. The molecule has 0 fully saturated rings. The summed E-state index contributed by atoms with van der Waals surface area (Å²) in [5, 5.41) is 7.35. The average Bonchev–Trinajstić information content (AvgIpc) is 1.39. The predicted octanol–water partition coefficient (Wildman–Crippen LogP) is -1.02. The summed E-state index contributed by atoms with van der Waals surface area (Å²) in [6, 6.07) is 0. The van der Waals surface area contributed by atoms with E-state index in [-0.39, 0.29) is 6.73 Å². The van der Waals surface area contributed by atoms with Crippen molar-refractivity contribution in [1.82, 2.24) is 0 Å². The Morgan fingerprint density at radius 3 is 1.83 bits per heavy atom. The highest BCUT2D eigenvalue weighted by Gasteiger charge is 1.30. The predicted molar refractivity (Wildman–Crippen MR) is 25.7 cm³/mol. The van der Waals surface area contributed by atoms with E-state index in [9.17, 15) is 0 Å². The van der Waals surface area contributed by atoms with Crippen molar-refractivity contribution in [3.05, 3.63) is 12.8 Å². The molecule has 0 amide bonds. The summed E-state index contributed by atoms with van der Waals surface area (Å²) in [6.07, 6.45) is 1.25. The Labute approximate surface area is 37.3 Å². The molecule has 6 heavy (non-hydrogen) atoms. The molecule has 5 N–H and O–H groups in total. The highest BCUT2D eigenvalue weighted by molar-refractivity contribution is 4.48. The number of nitrogens with two attached hydrogens (primary N) is 2. The Bertz CT molecular complexity index is 22.8. The SMILES string of the molecule is C=CN.NCO. The summed E-state index contributed by atoms with van der Waals surface area (Å²) in [5.41, 5.74) is 9.01. The van der Waals surface area contributed by atoms with E-state index in [1.54, 1.807) is 0 Å². The number of aliphatic hydroxyl groups excluding tert-OH is 1. The molecule has 0 saturated carbocycles. The maximum Gasteiger partial charge on any atom is 0.0906 e. The van der Waals surface area contributed by atoms with E-state index < -0.39 is 0 Å². The molecule has 0 aliphatic rings. The molecule has 0 radical (unpaired) electrons. The van der Waals surface area contributed by atoms with Crippen molar-refractivity contribution in [3.63, 3.8) is 0 Å². The first-order valence-electron chi connectivity index (χ1n) is 1.47. The van der Waals surface area contributed by atoms with Crippen LogP contribution < -0.4 is 11.5 Å². The maximum atomic E-state index is 7.35. The van der Waals surface area contributed by atoms with Crippen molar-refractivity contribution in [2.24, 2.45) is 11.5 Å². The largest absolute Gasteiger partial charge is 0.405 e. The van der Waals surface area contributed by atoms with Crippen LogP contribution in [0.4, 0.5) is 0 Å². The van der Waals surface area contributed by atoms with Crippen molar-refractivity contribution in [3.8, 4) is 0 Å². The third-order valence-electron chi connectivity index (χ3n) is 0. The lowest BCUT2D eigenvalue weighted by molar-refractivity contribution is 0.307. The number of aliphatic hydroxyl groups is 1. The monoisotopic (exact) mass is 90.1 g/mol. The van der Waals surface area contributed by atoms with Gasteiger partial charge in [0.25, 0.3) is 0 Å². The molecular weight excluding hydrogens is 80.0 g/mol. The molecule has 0 heterocycles. The van der Waals surface area contributed by atoms with Crippen LogP contribution in [0.2, 0.25) is 0 Å². The van der Waals surface area contributed by atoms with Gasteiger partial charge in [-0.25, -0.2) is 0 Å². The van der Waals surface area contributed by atoms with Gasteiger partial charge in [0, 0.05) is 0 Å². The van der Waals surface area contributed by atoms with Gasteiger partial charge in [-0.1, -0.05) is 6.58 Å². The summed E-state index contributed by atoms with van der Waals surface area (Å²) in [6.45, 7) is 2.89. The highest BCUT2D eigenvalue weighted by atomic mass is 16.3. The fraction of sp³-hybridized carbons (Fsp3) is 0.333. The average molecular weight is 90.1 g/mol. The zero-order valence-electron chi connectivity index (χ0n) is 3.59. The Kier molecular flexibility index (Phi) is 37.9. The first-order valence-corrected chi connectivity index (χ1v) is 1.47. The van der Waals surface area contributed by atoms with E-state index in [2.05, 4.69) is 18.0 Å². The Morgan fingerprint density at radius 2 is 1.83 bits per heavy atom. The summed E-state index contributed by atoms with van der Waals surface area (Å²) >= 11 is 0. The Morgan fingerprint density at radius 1 is 1.83 bits per heavy atom. The second-order valence-electron chi connectivity index (χ2n) is 0.418. The first kappa shape index (κ1) is 9.07. The van der Waals surface area contributed by atoms with E-state index in [1.165, 1.54) is 6.20 Å². The molecule has 0 bridgehead atoms. The van der Waals surface area contributed by atoms with E-state index in [1.807, 2.05) is 0 Å². The summed E-state index contributed by atoms with van der Waals surface area (Å²) in [7, 11) is 0. The molecule has 0 aromatic rings. The molecule has 0 atom stereocenters. The third-order valence-corrected chi connectivity index (χ3v) is 0. The zero-order valence-corrected chi connectivity index (χ0v) is 3.59. The maximum absolute atomic E-state index is 7.35. The van der Waals surface area contributed by atoms with Crippen LogP contribution in [0.15, 0.2) is 12.8 Å². The molecule has 38 valence electrons. The van der Waals surface area contributed by atoms with E-state index in [0.29, 0.717) is 0 Å². The summed E-state index contributed by atoms with van der Waals surface area (Å²) in [4.78, 5) is 0. The highest BCUT2D eigenvalue weighted by Crippen LogP contribution is 1.13. The van der Waals surface area contributed by atoms with Crippen LogP contribution >= 0.6 is 0 Å². The third kappa shape index (κ3) is 71.8. The minimum atomic E-state index is -0.250. The minimum absolute atomic E-state index is 0.250. The molecule has 0 aliphatic heterocycles. The van der Waals surface area contributed by atoms with Crippen LogP contribution in [-0.2, 0) is 0 Å². The lowest BCUT2D eigenvalue weighted by Gasteiger charge is -1.56. The molecule has 0 aromatic heterocycles. The van der Waals surface area contributed by atoms with Gasteiger partial charge < -0.3 is 16.6 Å². The Balaban J connectivity index is 0. The molecule has 0 unspecified atom stereocenters. The van der Waals surface area contributed by atoms with Gasteiger partial charge in [0.05, 0.1) is 6.73 Å². The molecule has 0 aliphatic carbocycles. The van der Waals surface area contributed by atoms with Crippen LogP contribution in [-0.4, -0.2) is 11.8 Å². The summed E-state index contributed by atoms with van der Waals surface area (Å²) < 4.78 is 0. The number of hydrogen-bond donors (Lipinski definition) is 3. The standard InChI is InChI=1S/C2H5N.CH5NO/c1-2-3;2-1-3/h2H,1,3H2;3H,1-2H2. The fourth-order valence-electron chi connectivity index (χ4n) is 0.